The van der Waals surface area contributed by atoms with Gasteiger partial charge in [0.25, 0.3) is 0 Å². The molecule has 5 heteroatoms. The van der Waals surface area contributed by atoms with Crippen molar-refractivity contribution >= 4 is 6.09 Å². The zero-order chi connectivity index (χ0) is 14.3. The Bertz CT molecular complexity index is 512. The molecule has 2 heterocycles. The van der Waals surface area contributed by atoms with Gasteiger partial charge in [-0.1, -0.05) is 0 Å². The predicted octanol–water partition coefficient (Wildman–Crippen LogP) is 2.90. The second kappa shape index (κ2) is 4.79. The van der Waals surface area contributed by atoms with Gasteiger partial charge in [0.05, 0.1) is 18.8 Å². The van der Waals surface area contributed by atoms with Crippen LogP contribution < -0.4 is 0 Å². The number of hydrogen-bond acceptors (Lipinski definition) is 3. The first-order chi connectivity index (χ1) is 9.44. The number of carbonyl (C=O) groups is 1. The summed E-state index contributed by atoms with van der Waals surface area (Å²) in [6.45, 7) is 7.09. The molecule has 2 aliphatic rings. The standard InChI is InChI=1S/C15H23N3O2/c1-15(2,3)20-14(19)17-8-4-5-13-11(10-17)9-16-18(13)12-6-7-12/h9,12H,4-8,10H2,1-3H3. The Balaban J connectivity index is 1.74. The number of amides is 1. The van der Waals surface area contributed by atoms with Gasteiger partial charge in [-0.15, -0.1) is 0 Å². The lowest BCUT2D eigenvalue weighted by Gasteiger charge is -2.26. The Hall–Kier alpha value is -1.52. The van der Waals surface area contributed by atoms with E-state index in [4.69, 9.17) is 4.74 Å². The van der Waals surface area contributed by atoms with Crippen molar-refractivity contribution in [1.82, 2.24) is 14.7 Å². The van der Waals surface area contributed by atoms with Crippen LogP contribution in [0, 0.1) is 0 Å². The Morgan fingerprint density at radius 2 is 2.15 bits per heavy atom. The normalized spacial score (nSPS) is 19.4. The fourth-order valence-corrected chi connectivity index (χ4v) is 2.67. The fourth-order valence-electron chi connectivity index (χ4n) is 2.67. The first kappa shape index (κ1) is 13.5. The summed E-state index contributed by atoms with van der Waals surface area (Å²) in [6, 6.07) is 0.604. The van der Waals surface area contributed by atoms with Gasteiger partial charge in [-0.2, -0.15) is 5.10 Å². The molecule has 1 fully saturated rings. The summed E-state index contributed by atoms with van der Waals surface area (Å²) < 4.78 is 7.65. The number of aromatic nitrogens is 2. The van der Waals surface area contributed by atoms with Crippen molar-refractivity contribution in [3.8, 4) is 0 Å². The maximum absolute atomic E-state index is 12.2. The lowest BCUT2D eigenvalue weighted by atomic mass is 10.2. The third-order valence-electron chi connectivity index (χ3n) is 3.73. The molecule has 0 atom stereocenters. The Morgan fingerprint density at radius 1 is 1.40 bits per heavy atom. The third-order valence-corrected chi connectivity index (χ3v) is 3.73. The predicted molar refractivity (Wildman–Crippen MR) is 75.5 cm³/mol. The molecule has 0 bridgehead atoms. The van der Waals surface area contributed by atoms with Crippen LogP contribution in [-0.4, -0.2) is 32.9 Å². The maximum Gasteiger partial charge on any atom is 0.410 e. The highest BCUT2D eigenvalue weighted by Gasteiger charge is 2.30. The average Bonchev–Trinajstić information content (AvgIpc) is 3.13. The third kappa shape index (κ3) is 2.81. The highest BCUT2D eigenvalue weighted by molar-refractivity contribution is 5.68. The molecule has 1 aliphatic carbocycles. The molecule has 0 saturated heterocycles. The van der Waals surface area contributed by atoms with Gasteiger partial charge in [-0.3, -0.25) is 4.68 Å². The molecule has 0 spiro atoms. The van der Waals surface area contributed by atoms with Gasteiger partial charge in [0.15, 0.2) is 0 Å². The van der Waals surface area contributed by atoms with Crippen molar-refractivity contribution < 1.29 is 9.53 Å². The van der Waals surface area contributed by atoms with Gasteiger partial charge in [-0.05, 0) is 46.5 Å². The molecule has 1 aromatic rings. The summed E-state index contributed by atoms with van der Waals surface area (Å²) in [5.74, 6) is 0. The van der Waals surface area contributed by atoms with E-state index in [1.807, 2.05) is 27.0 Å². The minimum Gasteiger partial charge on any atom is -0.444 e. The summed E-state index contributed by atoms with van der Waals surface area (Å²) in [6.07, 6.45) is 6.17. The molecule has 3 rings (SSSR count). The van der Waals surface area contributed by atoms with Crippen molar-refractivity contribution in [3.05, 3.63) is 17.5 Å². The van der Waals surface area contributed by atoms with Crippen molar-refractivity contribution in [2.45, 2.75) is 64.6 Å². The SMILES string of the molecule is CC(C)(C)OC(=O)N1CCCc2c(cnn2C2CC2)C1. The van der Waals surface area contributed by atoms with Crippen LogP contribution in [0.3, 0.4) is 0 Å². The van der Waals surface area contributed by atoms with Crippen LogP contribution in [0.25, 0.3) is 0 Å². The molecule has 0 radical (unpaired) electrons. The number of hydrogen-bond donors (Lipinski definition) is 0. The zero-order valence-electron chi connectivity index (χ0n) is 12.6. The monoisotopic (exact) mass is 277 g/mol. The van der Waals surface area contributed by atoms with Crippen molar-refractivity contribution in [2.75, 3.05) is 6.54 Å². The summed E-state index contributed by atoms with van der Waals surface area (Å²) in [7, 11) is 0. The van der Waals surface area contributed by atoms with Crippen molar-refractivity contribution in [3.63, 3.8) is 0 Å². The van der Waals surface area contributed by atoms with Crippen LogP contribution in [0.4, 0.5) is 4.79 Å². The van der Waals surface area contributed by atoms with Crippen LogP contribution in [0.15, 0.2) is 6.20 Å². The summed E-state index contributed by atoms with van der Waals surface area (Å²) >= 11 is 0. The molecule has 0 aromatic carbocycles. The molecule has 5 nitrogen and oxygen atoms in total. The highest BCUT2D eigenvalue weighted by Crippen LogP contribution is 2.36. The number of nitrogens with zero attached hydrogens (tertiary/aromatic N) is 3. The molecule has 1 aliphatic heterocycles. The number of rotatable bonds is 1. The zero-order valence-corrected chi connectivity index (χ0v) is 12.6. The van der Waals surface area contributed by atoms with E-state index < -0.39 is 5.60 Å². The first-order valence-electron chi connectivity index (χ1n) is 7.47. The van der Waals surface area contributed by atoms with Gasteiger partial charge >= 0.3 is 6.09 Å². The molecule has 20 heavy (non-hydrogen) atoms. The van der Waals surface area contributed by atoms with Gasteiger partial charge in [0.1, 0.15) is 5.60 Å². The molecule has 1 saturated carbocycles. The van der Waals surface area contributed by atoms with Crippen LogP contribution in [-0.2, 0) is 17.7 Å². The maximum atomic E-state index is 12.2. The minimum absolute atomic E-state index is 0.218. The average molecular weight is 277 g/mol. The van der Waals surface area contributed by atoms with E-state index in [2.05, 4.69) is 9.78 Å². The Labute approximate surface area is 119 Å². The van der Waals surface area contributed by atoms with E-state index in [0.717, 1.165) is 19.4 Å². The van der Waals surface area contributed by atoms with Gasteiger partial charge in [-0.25, -0.2) is 4.79 Å². The second-order valence-electron chi connectivity index (χ2n) is 6.80. The Kier molecular flexibility index (Phi) is 3.22. The minimum atomic E-state index is -0.440. The van der Waals surface area contributed by atoms with Crippen molar-refractivity contribution in [1.29, 1.82) is 0 Å². The molecular formula is C15H23N3O2. The number of fused-ring (bicyclic) bond motifs is 1. The van der Waals surface area contributed by atoms with E-state index >= 15 is 0 Å². The molecule has 0 unspecified atom stereocenters. The van der Waals surface area contributed by atoms with Gasteiger partial charge in [0, 0.05) is 17.8 Å². The summed E-state index contributed by atoms with van der Waals surface area (Å²) in [4.78, 5) is 14.0. The molecule has 1 aromatic heterocycles. The largest absolute Gasteiger partial charge is 0.444 e. The van der Waals surface area contributed by atoms with Crippen LogP contribution in [0.2, 0.25) is 0 Å². The molecule has 0 N–H and O–H groups in total. The lowest BCUT2D eigenvalue weighted by molar-refractivity contribution is 0.0237. The quantitative estimate of drug-likeness (QED) is 0.793. The highest BCUT2D eigenvalue weighted by atomic mass is 16.6. The Morgan fingerprint density at radius 3 is 2.80 bits per heavy atom. The summed E-state index contributed by atoms with van der Waals surface area (Å²) in [5, 5.41) is 4.51. The summed E-state index contributed by atoms with van der Waals surface area (Å²) in [5.41, 5.74) is 2.06. The van der Waals surface area contributed by atoms with E-state index in [-0.39, 0.29) is 6.09 Å². The molecule has 110 valence electrons. The lowest BCUT2D eigenvalue weighted by Crippen LogP contribution is -2.36. The fraction of sp³-hybridized carbons (Fsp3) is 0.733. The van der Waals surface area contributed by atoms with E-state index in [0.29, 0.717) is 12.6 Å². The first-order valence-corrected chi connectivity index (χ1v) is 7.47. The topological polar surface area (TPSA) is 47.4 Å². The van der Waals surface area contributed by atoms with E-state index in [9.17, 15) is 4.79 Å². The van der Waals surface area contributed by atoms with Gasteiger partial charge < -0.3 is 9.64 Å². The van der Waals surface area contributed by atoms with Crippen LogP contribution in [0.5, 0.6) is 0 Å². The second-order valence-corrected chi connectivity index (χ2v) is 6.80. The van der Waals surface area contributed by atoms with Crippen LogP contribution >= 0.6 is 0 Å². The van der Waals surface area contributed by atoms with Gasteiger partial charge in [0.2, 0.25) is 0 Å². The molecule has 1 amide bonds. The number of ether oxygens (including phenoxy) is 1. The number of carbonyl (C=O) groups excluding carboxylic acids is 1. The van der Waals surface area contributed by atoms with E-state index in [1.165, 1.54) is 24.1 Å². The smallest absolute Gasteiger partial charge is 0.410 e. The van der Waals surface area contributed by atoms with Crippen molar-refractivity contribution in [2.24, 2.45) is 0 Å². The van der Waals surface area contributed by atoms with Crippen LogP contribution in [0.1, 0.15) is 57.3 Å². The van der Waals surface area contributed by atoms with E-state index in [1.54, 1.807) is 4.90 Å². The molecular weight excluding hydrogens is 254 g/mol.